The van der Waals surface area contributed by atoms with Gasteiger partial charge in [0.05, 0.1) is 17.3 Å². The number of amides is 2. The van der Waals surface area contributed by atoms with Gasteiger partial charge in [-0.25, -0.2) is 9.97 Å². The van der Waals surface area contributed by atoms with Gasteiger partial charge in [0.2, 0.25) is 12.4 Å². The molecule has 44 heavy (non-hydrogen) atoms. The molecule has 2 N–H and O–H groups in total. The Balaban J connectivity index is 1.49. The SMILES string of the molecule is CC(C)(C)c1cccc(C(CCC2CN(C=O)C(C)(C)C2)Nc2cccc(SNC(=O)c3ccc(C(C)(C)C)nc3F)n2)n1. The molecule has 0 saturated carbocycles. The fourth-order valence-corrected chi connectivity index (χ4v) is 6.06. The molecule has 3 aromatic rings. The maximum atomic E-state index is 14.7. The Kier molecular flexibility index (Phi) is 10.0. The van der Waals surface area contributed by atoms with Crippen LogP contribution in [-0.2, 0) is 15.6 Å². The van der Waals surface area contributed by atoms with Crippen molar-refractivity contribution in [1.82, 2.24) is 24.6 Å². The number of nitrogens with zero attached hydrogens (tertiary/aromatic N) is 4. The Bertz CT molecular complexity index is 1480. The van der Waals surface area contributed by atoms with Crippen LogP contribution >= 0.6 is 11.9 Å². The molecule has 4 heterocycles. The van der Waals surface area contributed by atoms with E-state index in [1.807, 2.05) is 49.9 Å². The molecule has 1 aliphatic heterocycles. The standard InChI is InChI=1S/C34H45FN6O2S/c1-32(2,3)26-12-9-11-24(36-26)25(17-15-22-19-34(7,8)41(20-22)21-42)37-28-13-10-14-29(39-28)44-40-31(43)23-16-18-27(33(4,5)6)38-30(23)35/h9-14,16,18,21-22,25H,15,17,19-20H2,1-8H3,(H,37,39)(H,40,43). The molecule has 1 fully saturated rings. The first-order chi connectivity index (χ1) is 20.6. The third kappa shape index (κ3) is 8.34. The predicted molar refractivity (Wildman–Crippen MR) is 174 cm³/mol. The predicted octanol–water partition coefficient (Wildman–Crippen LogP) is 7.23. The molecule has 2 atom stereocenters. The molecule has 8 nitrogen and oxygen atoms in total. The van der Waals surface area contributed by atoms with Gasteiger partial charge in [-0.15, -0.1) is 0 Å². The second-order valence-corrected chi connectivity index (χ2v) is 15.1. The van der Waals surface area contributed by atoms with Crippen molar-refractivity contribution in [3.8, 4) is 0 Å². The Hall–Kier alpha value is -3.53. The van der Waals surface area contributed by atoms with E-state index in [0.717, 1.165) is 55.6 Å². The van der Waals surface area contributed by atoms with Crippen LogP contribution in [0.2, 0.25) is 0 Å². The van der Waals surface area contributed by atoms with Crippen molar-refractivity contribution in [3.63, 3.8) is 0 Å². The summed E-state index contributed by atoms with van der Waals surface area (Å²) in [7, 11) is 0. The van der Waals surface area contributed by atoms with Gasteiger partial charge in [0.25, 0.3) is 5.91 Å². The van der Waals surface area contributed by atoms with Gasteiger partial charge in [0, 0.05) is 46.2 Å². The summed E-state index contributed by atoms with van der Waals surface area (Å²) in [5, 5.41) is 4.13. The number of anilines is 1. The van der Waals surface area contributed by atoms with E-state index < -0.39 is 11.9 Å². The van der Waals surface area contributed by atoms with E-state index in [-0.39, 0.29) is 28.0 Å². The summed E-state index contributed by atoms with van der Waals surface area (Å²) < 4.78 is 17.4. The molecule has 236 valence electrons. The number of pyridine rings is 3. The molecule has 0 aromatic carbocycles. The van der Waals surface area contributed by atoms with Crippen molar-refractivity contribution >= 4 is 30.1 Å². The maximum Gasteiger partial charge on any atom is 0.266 e. The van der Waals surface area contributed by atoms with Gasteiger partial charge in [-0.2, -0.15) is 4.39 Å². The lowest BCUT2D eigenvalue weighted by Gasteiger charge is -2.27. The highest BCUT2D eigenvalue weighted by Gasteiger charge is 2.37. The topological polar surface area (TPSA) is 100 Å². The van der Waals surface area contributed by atoms with E-state index in [0.29, 0.717) is 22.5 Å². The summed E-state index contributed by atoms with van der Waals surface area (Å²) in [4.78, 5) is 40.0. The lowest BCUT2D eigenvalue weighted by molar-refractivity contribution is -0.120. The number of rotatable bonds is 10. The highest BCUT2D eigenvalue weighted by Crippen LogP contribution is 2.36. The summed E-state index contributed by atoms with van der Waals surface area (Å²) in [6, 6.07) is 14.7. The molecular weight excluding hydrogens is 575 g/mol. The molecule has 0 spiro atoms. The summed E-state index contributed by atoms with van der Waals surface area (Å²) in [6.07, 6.45) is 3.64. The van der Waals surface area contributed by atoms with Crippen LogP contribution in [-0.4, -0.2) is 44.3 Å². The van der Waals surface area contributed by atoms with Crippen molar-refractivity contribution in [3.05, 3.63) is 77.1 Å². The third-order valence-electron chi connectivity index (χ3n) is 8.06. The summed E-state index contributed by atoms with van der Waals surface area (Å²) >= 11 is 1.02. The first-order valence-corrected chi connectivity index (χ1v) is 16.0. The summed E-state index contributed by atoms with van der Waals surface area (Å²) in [5.74, 6) is -0.345. The highest BCUT2D eigenvalue weighted by atomic mass is 32.2. The third-order valence-corrected chi connectivity index (χ3v) is 8.79. The molecule has 0 radical (unpaired) electrons. The fraction of sp³-hybridized carbons (Fsp3) is 0.500. The maximum absolute atomic E-state index is 14.7. The van der Waals surface area contributed by atoms with Crippen LogP contribution in [0, 0.1) is 11.9 Å². The molecule has 10 heteroatoms. The van der Waals surface area contributed by atoms with Crippen LogP contribution in [0.4, 0.5) is 10.2 Å². The van der Waals surface area contributed by atoms with Gasteiger partial charge < -0.3 is 10.2 Å². The molecule has 1 aliphatic rings. The van der Waals surface area contributed by atoms with Gasteiger partial charge in [0.15, 0.2) is 0 Å². The van der Waals surface area contributed by atoms with Crippen LogP contribution in [0.5, 0.6) is 0 Å². The minimum atomic E-state index is -0.798. The Morgan fingerprint density at radius 1 is 1.02 bits per heavy atom. The van der Waals surface area contributed by atoms with Crippen LogP contribution in [0.3, 0.4) is 0 Å². The smallest absolute Gasteiger partial charge is 0.266 e. The number of nitrogens with one attached hydrogen (secondary N) is 2. The minimum Gasteiger partial charge on any atom is -0.362 e. The normalized spacial score (nSPS) is 17.3. The lowest BCUT2D eigenvalue weighted by atomic mass is 9.90. The fourth-order valence-electron chi connectivity index (χ4n) is 5.46. The van der Waals surface area contributed by atoms with Gasteiger partial charge in [-0.05, 0) is 75.4 Å². The second kappa shape index (κ2) is 13.2. The molecule has 0 aliphatic carbocycles. The van der Waals surface area contributed by atoms with E-state index in [2.05, 4.69) is 55.7 Å². The van der Waals surface area contributed by atoms with Crippen LogP contribution in [0.25, 0.3) is 0 Å². The molecule has 2 unspecified atom stereocenters. The average molecular weight is 621 g/mol. The molecule has 2 amide bonds. The van der Waals surface area contributed by atoms with E-state index in [1.165, 1.54) is 6.07 Å². The minimum absolute atomic E-state index is 0.102. The van der Waals surface area contributed by atoms with Gasteiger partial charge in [0.1, 0.15) is 10.8 Å². The van der Waals surface area contributed by atoms with Gasteiger partial charge in [-0.1, -0.05) is 53.7 Å². The lowest BCUT2D eigenvalue weighted by Crippen LogP contribution is -2.36. The van der Waals surface area contributed by atoms with Crippen LogP contribution < -0.4 is 10.0 Å². The zero-order valence-corrected chi connectivity index (χ0v) is 27.9. The number of aromatic nitrogens is 3. The molecule has 1 saturated heterocycles. The molecule has 4 rings (SSSR count). The number of hydrogen-bond acceptors (Lipinski definition) is 7. The van der Waals surface area contributed by atoms with E-state index >= 15 is 0 Å². The van der Waals surface area contributed by atoms with Gasteiger partial charge >= 0.3 is 0 Å². The largest absolute Gasteiger partial charge is 0.362 e. The summed E-state index contributed by atoms with van der Waals surface area (Å²) in [5.41, 5.74) is 1.82. The van der Waals surface area contributed by atoms with Gasteiger partial charge in [-0.3, -0.25) is 19.3 Å². The van der Waals surface area contributed by atoms with E-state index in [9.17, 15) is 14.0 Å². The molecular formula is C34H45FN6O2S. The zero-order valence-electron chi connectivity index (χ0n) is 27.1. The molecule has 0 bridgehead atoms. The molecule has 3 aromatic heterocycles. The van der Waals surface area contributed by atoms with E-state index in [1.54, 1.807) is 12.1 Å². The van der Waals surface area contributed by atoms with Crippen molar-refractivity contribution in [2.24, 2.45) is 5.92 Å². The van der Waals surface area contributed by atoms with E-state index in [4.69, 9.17) is 9.97 Å². The average Bonchev–Trinajstić information content (AvgIpc) is 3.26. The Morgan fingerprint density at radius 3 is 2.34 bits per heavy atom. The Labute approximate surface area is 265 Å². The number of carbonyl (C=O) groups is 2. The number of hydrogen-bond donors (Lipinski definition) is 2. The quantitative estimate of drug-likeness (QED) is 0.140. The number of likely N-dealkylation sites (tertiary alicyclic amines) is 1. The first kappa shape index (κ1) is 33.4. The zero-order chi connectivity index (χ0) is 32.3. The Morgan fingerprint density at radius 2 is 1.70 bits per heavy atom. The summed E-state index contributed by atoms with van der Waals surface area (Å²) in [6.45, 7) is 17.2. The van der Waals surface area contributed by atoms with Crippen molar-refractivity contribution in [1.29, 1.82) is 0 Å². The monoisotopic (exact) mass is 620 g/mol. The van der Waals surface area contributed by atoms with Crippen molar-refractivity contribution in [2.75, 3.05) is 11.9 Å². The highest BCUT2D eigenvalue weighted by molar-refractivity contribution is 7.97. The number of halogens is 1. The first-order valence-electron chi connectivity index (χ1n) is 15.1. The van der Waals surface area contributed by atoms with Crippen molar-refractivity contribution in [2.45, 2.75) is 102 Å². The van der Waals surface area contributed by atoms with Crippen LogP contribution in [0.1, 0.15) is 108 Å². The number of carbonyl (C=O) groups excluding carboxylic acids is 2. The second-order valence-electron chi connectivity index (χ2n) is 14.3. The van der Waals surface area contributed by atoms with Crippen LogP contribution in [0.15, 0.2) is 53.6 Å². The van der Waals surface area contributed by atoms with Crippen molar-refractivity contribution < 1.29 is 14.0 Å².